The van der Waals surface area contributed by atoms with Crippen LogP contribution in [0.25, 0.3) is 0 Å². The van der Waals surface area contributed by atoms with Gasteiger partial charge in [-0.15, -0.1) is 0 Å². The Kier molecular flexibility index (Phi) is 1.61. The summed E-state index contributed by atoms with van der Waals surface area (Å²) in [6.07, 6.45) is 1.19. The number of amides is 3. The zero-order chi connectivity index (χ0) is 7.72. The molecule has 0 aliphatic carbocycles. The summed E-state index contributed by atoms with van der Waals surface area (Å²) in [5.41, 5.74) is 4.94. The number of hydrogen-bond donors (Lipinski definition) is 1. The average molecular weight is 142 g/mol. The predicted molar refractivity (Wildman–Crippen MR) is 35.1 cm³/mol. The average Bonchev–Trinajstić information content (AvgIpc) is 2.11. The Balaban J connectivity index is 2.72. The first-order chi connectivity index (χ1) is 4.63. The van der Waals surface area contributed by atoms with Crippen molar-refractivity contribution in [3.05, 3.63) is 0 Å². The third kappa shape index (κ3) is 0.964. The van der Waals surface area contributed by atoms with Crippen LogP contribution in [0.1, 0.15) is 19.8 Å². The van der Waals surface area contributed by atoms with Crippen LogP contribution in [0.5, 0.6) is 0 Å². The fraction of sp³-hybridized carbons (Fsp3) is 0.667. The van der Waals surface area contributed by atoms with E-state index in [9.17, 15) is 9.59 Å². The van der Waals surface area contributed by atoms with Crippen molar-refractivity contribution in [2.45, 2.75) is 25.8 Å². The van der Waals surface area contributed by atoms with Crippen LogP contribution in [-0.2, 0) is 4.79 Å². The van der Waals surface area contributed by atoms with E-state index in [2.05, 4.69) is 0 Å². The number of nitrogens with two attached hydrogens (primary N) is 1. The van der Waals surface area contributed by atoms with E-state index < -0.39 is 6.03 Å². The van der Waals surface area contributed by atoms with Gasteiger partial charge in [0.15, 0.2) is 0 Å². The molecule has 10 heavy (non-hydrogen) atoms. The fourth-order valence-electron chi connectivity index (χ4n) is 1.17. The standard InChI is InChI=1S/C6H10N2O2/c1-4-2-3-5(9)8(4)6(7)10/h4H,2-3H2,1H3,(H2,7,10)/t4-/m1/s1. The molecular formula is C6H10N2O2. The monoisotopic (exact) mass is 142 g/mol. The number of primary amides is 1. The lowest BCUT2D eigenvalue weighted by atomic mass is 10.2. The van der Waals surface area contributed by atoms with Crippen molar-refractivity contribution in [3.63, 3.8) is 0 Å². The van der Waals surface area contributed by atoms with Crippen LogP contribution in [-0.4, -0.2) is 22.9 Å². The molecule has 4 nitrogen and oxygen atoms in total. The molecule has 0 aromatic rings. The lowest BCUT2D eigenvalue weighted by Gasteiger charge is -2.15. The molecule has 0 spiro atoms. The quantitative estimate of drug-likeness (QED) is 0.520. The highest BCUT2D eigenvalue weighted by atomic mass is 16.2. The molecule has 0 bridgehead atoms. The molecule has 1 heterocycles. The highest BCUT2D eigenvalue weighted by Gasteiger charge is 2.30. The van der Waals surface area contributed by atoms with Gasteiger partial charge in [0.2, 0.25) is 5.91 Å². The molecule has 0 saturated carbocycles. The molecule has 1 rings (SSSR count). The predicted octanol–water partition coefficient (Wildman–Crippen LogP) is 0.0760. The summed E-state index contributed by atoms with van der Waals surface area (Å²) in [6, 6.07) is -0.639. The lowest BCUT2D eigenvalue weighted by Crippen LogP contribution is -2.40. The van der Waals surface area contributed by atoms with Gasteiger partial charge in [0.05, 0.1) is 0 Å². The first kappa shape index (κ1) is 7.05. The molecule has 1 aliphatic rings. The van der Waals surface area contributed by atoms with Crippen molar-refractivity contribution >= 4 is 11.9 Å². The molecule has 0 aromatic heterocycles. The van der Waals surface area contributed by atoms with Gasteiger partial charge in [-0.05, 0) is 13.3 Å². The summed E-state index contributed by atoms with van der Waals surface area (Å²) in [4.78, 5) is 22.5. The minimum Gasteiger partial charge on any atom is -0.351 e. The van der Waals surface area contributed by atoms with Gasteiger partial charge < -0.3 is 5.73 Å². The SMILES string of the molecule is C[C@@H]1CCC(=O)N1C(N)=O. The molecule has 1 saturated heterocycles. The van der Waals surface area contributed by atoms with Crippen molar-refractivity contribution < 1.29 is 9.59 Å². The number of imide groups is 1. The molecule has 0 radical (unpaired) electrons. The van der Waals surface area contributed by atoms with Gasteiger partial charge in [-0.1, -0.05) is 0 Å². The van der Waals surface area contributed by atoms with Gasteiger partial charge >= 0.3 is 6.03 Å². The molecule has 0 aromatic carbocycles. The van der Waals surface area contributed by atoms with Crippen LogP contribution >= 0.6 is 0 Å². The zero-order valence-corrected chi connectivity index (χ0v) is 5.83. The Morgan fingerprint density at radius 1 is 1.80 bits per heavy atom. The first-order valence-electron chi connectivity index (χ1n) is 3.24. The number of hydrogen-bond acceptors (Lipinski definition) is 2. The number of carbonyl (C=O) groups excluding carboxylic acids is 2. The summed E-state index contributed by atoms with van der Waals surface area (Å²) in [5.74, 6) is -0.153. The van der Waals surface area contributed by atoms with Crippen molar-refractivity contribution in [1.82, 2.24) is 4.90 Å². The molecule has 4 heteroatoms. The zero-order valence-electron chi connectivity index (χ0n) is 5.83. The second-order valence-electron chi connectivity index (χ2n) is 2.49. The molecule has 1 aliphatic heterocycles. The Morgan fingerprint density at radius 2 is 2.40 bits per heavy atom. The van der Waals surface area contributed by atoms with Gasteiger partial charge in [0, 0.05) is 12.5 Å². The molecule has 1 atom stereocenters. The minimum absolute atomic E-state index is 0.00926. The molecule has 2 N–H and O–H groups in total. The molecule has 56 valence electrons. The third-order valence-electron chi connectivity index (χ3n) is 1.72. The number of rotatable bonds is 0. The normalized spacial score (nSPS) is 25.5. The van der Waals surface area contributed by atoms with Crippen LogP contribution in [0.3, 0.4) is 0 Å². The second-order valence-corrected chi connectivity index (χ2v) is 2.49. The van der Waals surface area contributed by atoms with Gasteiger partial charge in [-0.2, -0.15) is 0 Å². The van der Waals surface area contributed by atoms with Gasteiger partial charge in [0.1, 0.15) is 0 Å². The number of carbonyl (C=O) groups is 2. The van der Waals surface area contributed by atoms with Gasteiger partial charge in [-0.25, -0.2) is 4.79 Å². The van der Waals surface area contributed by atoms with Crippen LogP contribution in [0, 0.1) is 0 Å². The van der Waals surface area contributed by atoms with Crippen LogP contribution in [0.4, 0.5) is 4.79 Å². The summed E-state index contributed by atoms with van der Waals surface area (Å²) in [7, 11) is 0. The van der Waals surface area contributed by atoms with Crippen LogP contribution < -0.4 is 5.73 Å². The largest absolute Gasteiger partial charge is 0.351 e. The molecule has 0 unspecified atom stereocenters. The maximum atomic E-state index is 10.9. The number of nitrogens with zero attached hydrogens (tertiary/aromatic N) is 1. The van der Waals surface area contributed by atoms with Crippen molar-refractivity contribution in [1.29, 1.82) is 0 Å². The third-order valence-corrected chi connectivity index (χ3v) is 1.72. The smallest absolute Gasteiger partial charge is 0.321 e. The Morgan fingerprint density at radius 3 is 2.60 bits per heavy atom. The van der Waals surface area contributed by atoms with E-state index in [1.54, 1.807) is 0 Å². The van der Waals surface area contributed by atoms with Crippen molar-refractivity contribution in [2.24, 2.45) is 5.73 Å². The van der Waals surface area contributed by atoms with E-state index in [0.29, 0.717) is 6.42 Å². The fourth-order valence-corrected chi connectivity index (χ4v) is 1.17. The maximum Gasteiger partial charge on any atom is 0.321 e. The molecular weight excluding hydrogens is 132 g/mol. The summed E-state index contributed by atoms with van der Waals surface area (Å²) in [6.45, 7) is 1.82. The maximum absolute atomic E-state index is 10.9. The van der Waals surface area contributed by atoms with Crippen LogP contribution in [0.2, 0.25) is 0 Å². The number of likely N-dealkylation sites (tertiary alicyclic amines) is 1. The summed E-state index contributed by atoms with van der Waals surface area (Å²) in [5, 5.41) is 0. The lowest BCUT2D eigenvalue weighted by molar-refractivity contribution is -0.125. The van der Waals surface area contributed by atoms with E-state index in [1.807, 2.05) is 6.92 Å². The minimum atomic E-state index is -0.630. The van der Waals surface area contributed by atoms with Gasteiger partial charge in [-0.3, -0.25) is 9.69 Å². The highest BCUT2D eigenvalue weighted by Crippen LogP contribution is 2.16. The summed E-state index contributed by atoms with van der Waals surface area (Å²) >= 11 is 0. The second kappa shape index (κ2) is 2.28. The van der Waals surface area contributed by atoms with E-state index >= 15 is 0 Å². The highest BCUT2D eigenvalue weighted by molar-refractivity contribution is 5.95. The van der Waals surface area contributed by atoms with E-state index in [-0.39, 0.29) is 11.9 Å². The van der Waals surface area contributed by atoms with E-state index in [0.717, 1.165) is 11.3 Å². The number of urea groups is 1. The van der Waals surface area contributed by atoms with Crippen molar-refractivity contribution in [2.75, 3.05) is 0 Å². The first-order valence-corrected chi connectivity index (χ1v) is 3.24. The van der Waals surface area contributed by atoms with Crippen LogP contribution in [0.15, 0.2) is 0 Å². The Bertz CT molecular complexity index is 179. The topological polar surface area (TPSA) is 63.4 Å². The Hall–Kier alpha value is -1.06. The molecule has 1 fully saturated rings. The van der Waals surface area contributed by atoms with E-state index in [1.165, 1.54) is 0 Å². The van der Waals surface area contributed by atoms with E-state index in [4.69, 9.17) is 5.73 Å². The molecule has 3 amide bonds. The summed E-state index contributed by atoms with van der Waals surface area (Å²) < 4.78 is 0. The van der Waals surface area contributed by atoms with Crippen molar-refractivity contribution in [3.8, 4) is 0 Å². The Labute approximate surface area is 59.0 Å². The van der Waals surface area contributed by atoms with Gasteiger partial charge in [0.25, 0.3) is 0 Å².